The van der Waals surface area contributed by atoms with E-state index in [0.717, 1.165) is 19.3 Å². The minimum atomic E-state index is -4.44. The zero-order valence-corrected chi connectivity index (χ0v) is 12.0. The molecule has 0 saturated carbocycles. The van der Waals surface area contributed by atoms with E-state index in [1.54, 1.807) is 4.57 Å². The average molecular weight is 307 g/mol. The van der Waals surface area contributed by atoms with E-state index in [-0.39, 0.29) is 15.6 Å². The van der Waals surface area contributed by atoms with Crippen LogP contribution in [0.4, 0.5) is 0 Å². The molecular formula is C11H15ClN2O4S. The number of fused-ring (bicyclic) bond motifs is 1. The van der Waals surface area contributed by atoms with Gasteiger partial charge in [-0.05, 0) is 19.3 Å². The van der Waals surface area contributed by atoms with Gasteiger partial charge in [0.2, 0.25) is 0 Å². The first-order valence-electron chi connectivity index (χ1n) is 5.98. The van der Waals surface area contributed by atoms with Crippen molar-refractivity contribution in [2.45, 2.75) is 37.1 Å². The van der Waals surface area contributed by atoms with Crippen LogP contribution in [-0.4, -0.2) is 30.5 Å². The average Bonchev–Trinajstić information content (AvgIpc) is 2.49. The normalized spacial score (nSPS) is 15.7. The van der Waals surface area contributed by atoms with Crippen molar-refractivity contribution >= 4 is 27.6 Å². The molecule has 2 rings (SSSR count). The summed E-state index contributed by atoms with van der Waals surface area (Å²) in [7, 11) is -3.00. The van der Waals surface area contributed by atoms with E-state index in [0.29, 0.717) is 18.7 Å². The molecule has 0 radical (unpaired) electrons. The molecule has 0 saturated heterocycles. The zero-order valence-electron chi connectivity index (χ0n) is 10.4. The molecule has 6 nitrogen and oxygen atoms in total. The SMILES string of the molecule is CNC(=O)c1c(Cl)c(S(=O)(=O)O)c2n1CCCCC2. The lowest BCUT2D eigenvalue weighted by molar-refractivity contribution is 0.0953. The monoisotopic (exact) mass is 306 g/mol. The summed E-state index contributed by atoms with van der Waals surface area (Å²) in [6.45, 7) is 0.521. The highest BCUT2D eigenvalue weighted by Crippen LogP contribution is 2.34. The lowest BCUT2D eigenvalue weighted by Gasteiger charge is -2.09. The van der Waals surface area contributed by atoms with Crippen LogP contribution in [-0.2, 0) is 23.1 Å². The summed E-state index contributed by atoms with van der Waals surface area (Å²) >= 11 is 6.01. The van der Waals surface area contributed by atoms with Gasteiger partial charge in [0.25, 0.3) is 16.0 Å². The smallest absolute Gasteiger partial charge is 0.297 e. The van der Waals surface area contributed by atoms with E-state index in [2.05, 4.69) is 5.32 Å². The van der Waals surface area contributed by atoms with Gasteiger partial charge >= 0.3 is 0 Å². The second-order valence-corrected chi connectivity index (χ2v) is 6.19. The Bertz CT molecular complexity index is 621. The standard InChI is InChI=1S/C11H15ClN2O4S/c1-13-11(15)9-8(12)10(19(16,17)18)7-5-3-2-4-6-14(7)9/h2-6H2,1H3,(H,13,15)(H,16,17,18). The highest BCUT2D eigenvalue weighted by atomic mass is 35.5. The molecular weight excluding hydrogens is 292 g/mol. The molecule has 1 aliphatic heterocycles. The van der Waals surface area contributed by atoms with E-state index in [4.69, 9.17) is 11.6 Å². The summed E-state index contributed by atoms with van der Waals surface area (Å²) in [6, 6.07) is 0. The number of hydrogen-bond donors (Lipinski definition) is 2. The predicted molar refractivity (Wildman–Crippen MR) is 70.2 cm³/mol. The van der Waals surface area contributed by atoms with Gasteiger partial charge < -0.3 is 9.88 Å². The fourth-order valence-electron chi connectivity index (χ4n) is 2.45. The van der Waals surface area contributed by atoms with Crippen LogP contribution in [0.1, 0.15) is 35.4 Å². The van der Waals surface area contributed by atoms with Crippen molar-refractivity contribution in [3.63, 3.8) is 0 Å². The molecule has 0 bridgehead atoms. The van der Waals surface area contributed by atoms with Crippen molar-refractivity contribution in [1.29, 1.82) is 0 Å². The van der Waals surface area contributed by atoms with Crippen LogP contribution in [0.25, 0.3) is 0 Å². The first-order chi connectivity index (χ1) is 8.88. The zero-order chi connectivity index (χ0) is 14.2. The second-order valence-electron chi connectivity index (χ2n) is 4.45. The molecule has 2 N–H and O–H groups in total. The summed E-state index contributed by atoms with van der Waals surface area (Å²) in [5, 5.41) is 2.24. The van der Waals surface area contributed by atoms with Crippen LogP contribution in [0, 0.1) is 0 Å². The molecule has 1 aromatic rings. The van der Waals surface area contributed by atoms with Gasteiger partial charge in [-0.2, -0.15) is 8.42 Å². The van der Waals surface area contributed by atoms with Crippen molar-refractivity contribution in [3.05, 3.63) is 16.4 Å². The summed E-state index contributed by atoms with van der Waals surface area (Å²) in [6.07, 6.45) is 3.06. The van der Waals surface area contributed by atoms with E-state index in [1.165, 1.54) is 7.05 Å². The van der Waals surface area contributed by atoms with E-state index in [1.807, 2.05) is 0 Å². The number of aromatic nitrogens is 1. The van der Waals surface area contributed by atoms with Crippen molar-refractivity contribution < 1.29 is 17.8 Å². The fraction of sp³-hybridized carbons (Fsp3) is 0.545. The van der Waals surface area contributed by atoms with E-state index in [9.17, 15) is 17.8 Å². The van der Waals surface area contributed by atoms with Gasteiger partial charge in [-0.3, -0.25) is 9.35 Å². The van der Waals surface area contributed by atoms with Gasteiger partial charge in [0, 0.05) is 19.3 Å². The van der Waals surface area contributed by atoms with Gasteiger partial charge in [-0.25, -0.2) is 0 Å². The van der Waals surface area contributed by atoms with Crippen LogP contribution in [0.15, 0.2) is 4.90 Å². The number of nitrogens with one attached hydrogen (secondary N) is 1. The summed E-state index contributed by atoms with van der Waals surface area (Å²) in [5.41, 5.74) is 0.525. The summed E-state index contributed by atoms with van der Waals surface area (Å²) < 4.78 is 33.9. The Balaban J connectivity index is 2.76. The molecule has 1 amide bonds. The van der Waals surface area contributed by atoms with Crippen molar-refractivity contribution in [1.82, 2.24) is 9.88 Å². The Kier molecular flexibility index (Phi) is 3.89. The molecule has 19 heavy (non-hydrogen) atoms. The molecule has 0 aromatic carbocycles. The molecule has 0 spiro atoms. The van der Waals surface area contributed by atoms with Gasteiger partial charge in [-0.1, -0.05) is 18.0 Å². The van der Waals surface area contributed by atoms with Crippen molar-refractivity contribution in [3.8, 4) is 0 Å². The highest BCUT2D eigenvalue weighted by molar-refractivity contribution is 7.86. The maximum absolute atomic E-state index is 11.9. The number of hydrogen-bond acceptors (Lipinski definition) is 3. The quantitative estimate of drug-likeness (QED) is 0.810. The van der Waals surface area contributed by atoms with Crippen LogP contribution in [0.5, 0.6) is 0 Å². The molecule has 8 heteroatoms. The van der Waals surface area contributed by atoms with Crippen LogP contribution in [0.2, 0.25) is 5.02 Å². The van der Waals surface area contributed by atoms with Gasteiger partial charge in [-0.15, -0.1) is 0 Å². The molecule has 1 aliphatic rings. The molecule has 0 unspecified atom stereocenters. The number of amides is 1. The Hall–Kier alpha value is -1.05. The maximum Gasteiger partial charge on any atom is 0.297 e. The minimum Gasteiger partial charge on any atom is -0.354 e. The van der Waals surface area contributed by atoms with Gasteiger partial charge in [0.1, 0.15) is 10.6 Å². The fourth-order valence-corrected chi connectivity index (χ4v) is 3.87. The number of halogens is 1. The summed E-state index contributed by atoms with van der Waals surface area (Å²) in [5.74, 6) is -0.456. The van der Waals surface area contributed by atoms with Crippen LogP contribution >= 0.6 is 11.6 Å². The number of carbonyl (C=O) groups excluding carboxylic acids is 1. The lowest BCUT2D eigenvalue weighted by atomic mass is 10.2. The number of rotatable bonds is 2. The Morgan fingerprint density at radius 2 is 2.05 bits per heavy atom. The third kappa shape index (κ3) is 2.50. The molecule has 2 heterocycles. The van der Waals surface area contributed by atoms with Crippen LogP contribution < -0.4 is 5.32 Å². The minimum absolute atomic E-state index is 0.105. The summed E-state index contributed by atoms with van der Waals surface area (Å²) in [4.78, 5) is 11.5. The molecule has 0 fully saturated rings. The lowest BCUT2D eigenvalue weighted by Crippen LogP contribution is -2.22. The number of carbonyl (C=O) groups is 1. The number of nitrogens with zero attached hydrogens (tertiary/aromatic N) is 1. The van der Waals surface area contributed by atoms with E-state index >= 15 is 0 Å². The predicted octanol–water partition coefficient (Wildman–Crippen LogP) is 1.47. The Labute approximate surface area is 116 Å². The largest absolute Gasteiger partial charge is 0.354 e. The highest BCUT2D eigenvalue weighted by Gasteiger charge is 2.32. The molecule has 0 aliphatic carbocycles. The Morgan fingerprint density at radius 1 is 1.37 bits per heavy atom. The maximum atomic E-state index is 11.9. The van der Waals surface area contributed by atoms with Crippen molar-refractivity contribution in [2.24, 2.45) is 0 Å². The van der Waals surface area contributed by atoms with Crippen molar-refractivity contribution in [2.75, 3.05) is 7.05 Å². The third-order valence-corrected chi connectivity index (χ3v) is 4.70. The topological polar surface area (TPSA) is 88.4 Å². The molecule has 1 aromatic heterocycles. The van der Waals surface area contributed by atoms with Gasteiger partial charge in [0.15, 0.2) is 0 Å². The second kappa shape index (κ2) is 5.15. The Morgan fingerprint density at radius 3 is 2.63 bits per heavy atom. The van der Waals surface area contributed by atoms with Crippen LogP contribution in [0.3, 0.4) is 0 Å². The third-order valence-electron chi connectivity index (χ3n) is 3.26. The first kappa shape index (κ1) is 14.4. The first-order valence-corrected chi connectivity index (χ1v) is 7.80. The van der Waals surface area contributed by atoms with E-state index < -0.39 is 16.0 Å². The molecule has 106 valence electrons. The van der Waals surface area contributed by atoms with Gasteiger partial charge in [0.05, 0.1) is 5.02 Å². The molecule has 0 atom stereocenters.